The van der Waals surface area contributed by atoms with Gasteiger partial charge in [-0.25, -0.2) is 4.99 Å². The summed E-state index contributed by atoms with van der Waals surface area (Å²) in [6.07, 6.45) is 3.85. The first-order valence-corrected chi connectivity index (χ1v) is 9.08. The summed E-state index contributed by atoms with van der Waals surface area (Å²) in [6.45, 7) is 4.48. The Morgan fingerprint density at radius 3 is 2.92 bits per heavy atom. The second-order valence-corrected chi connectivity index (χ2v) is 6.38. The standard InChI is InChI=1S/C17H22N6S.HI/c1-2-18-17(20-13-14-7-6-12-24-14)19-10-5-9-16-22-21-15-8-3-4-11-23(15)16;/h3-4,6-8,11-12H,2,5,9-10,13H2,1H3,(H2,18,19,20);1H. The van der Waals surface area contributed by atoms with E-state index in [0.717, 1.165) is 43.4 Å². The van der Waals surface area contributed by atoms with Gasteiger partial charge in [0.25, 0.3) is 0 Å². The van der Waals surface area contributed by atoms with Crippen LogP contribution in [0.25, 0.3) is 5.65 Å². The third-order valence-corrected chi connectivity index (χ3v) is 4.43. The number of aromatic nitrogens is 3. The van der Waals surface area contributed by atoms with E-state index in [4.69, 9.17) is 0 Å². The molecule has 0 saturated heterocycles. The molecule has 0 aliphatic carbocycles. The van der Waals surface area contributed by atoms with Crippen LogP contribution in [-0.2, 0) is 13.0 Å². The Kier molecular flexibility index (Phi) is 8.13. The third-order valence-electron chi connectivity index (χ3n) is 3.57. The van der Waals surface area contributed by atoms with E-state index in [1.165, 1.54) is 4.88 Å². The number of aryl methyl sites for hydroxylation is 1. The van der Waals surface area contributed by atoms with Crippen molar-refractivity contribution in [1.29, 1.82) is 0 Å². The van der Waals surface area contributed by atoms with Gasteiger partial charge in [0, 0.05) is 30.6 Å². The van der Waals surface area contributed by atoms with Gasteiger partial charge in [-0.15, -0.1) is 45.5 Å². The summed E-state index contributed by atoms with van der Waals surface area (Å²) in [4.78, 5) is 5.88. The van der Waals surface area contributed by atoms with Crippen molar-refractivity contribution in [3.05, 3.63) is 52.6 Å². The van der Waals surface area contributed by atoms with E-state index in [-0.39, 0.29) is 24.0 Å². The molecule has 0 aliphatic heterocycles. The van der Waals surface area contributed by atoms with Gasteiger partial charge in [-0.3, -0.25) is 4.40 Å². The quantitative estimate of drug-likeness (QED) is 0.241. The number of hydrogen-bond donors (Lipinski definition) is 2. The number of hydrogen-bond acceptors (Lipinski definition) is 4. The SMILES string of the molecule is CCNC(=NCc1cccs1)NCCCc1nnc2ccccn12.I. The van der Waals surface area contributed by atoms with Gasteiger partial charge >= 0.3 is 0 Å². The topological polar surface area (TPSA) is 66.6 Å². The minimum Gasteiger partial charge on any atom is -0.357 e. The van der Waals surface area contributed by atoms with Crippen LogP contribution in [0.1, 0.15) is 24.0 Å². The van der Waals surface area contributed by atoms with Gasteiger partial charge in [0.05, 0.1) is 6.54 Å². The molecule has 0 aromatic carbocycles. The Hall–Kier alpha value is -1.68. The Morgan fingerprint density at radius 1 is 1.20 bits per heavy atom. The maximum atomic E-state index is 4.61. The van der Waals surface area contributed by atoms with Crippen LogP contribution in [0, 0.1) is 0 Å². The van der Waals surface area contributed by atoms with Crippen LogP contribution in [0.3, 0.4) is 0 Å². The molecule has 134 valence electrons. The van der Waals surface area contributed by atoms with Crippen molar-refractivity contribution in [3.63, 3.8) is 0 Å². The fourth-order valence-corrected chi connectivity index (χ4v) is 3.04. The number of nitrogens with zero attached hydrogens (tertiary/aromatic N) is 4. The first-order chi connectivity index (χ1) is 11.9. The lowest BCUT2D eigenvalue weighted by Gasteiger charge is -2.10. The molecule has 2 N–H and O–H groups in total. The first kappa shape index (κ1) is 19.6. The van der Waals surface area contributed by atoms with Gasteiger partial charge < -0.3 is 10.6 Å². The lowest BCUT2D eigenvalue weighted by Crippen LogP contribution is -2.37. The van der Waals surface area contributed by atoms with E-state index in [1.54, 1.807) is 11.3 Å². The average Bonchev–Trinajstić information content (AvgIpc) is 3.26. The smallest absolute Gasteiger partial charge is 0.191 e. The minimum atomic E-state index is 0. The molecular weight excluding hydrogens is 447 g/mol. The van der Waals surface area contributed by atoms with Crippen molar-refractivity contribution in [2.75, 3.05) is 13.1 Å². The van der Waals surface area contributed by atoms with E-state index in [9.17, 15) is 0 Å². The van der Waals surface area contributed by atoms with Gasteiger partial charge in [0.2, 0.25) is 0 Å². The molecule has 0 bridgehead atoms. The van der Waals surface area contributed by atoms with E-state index < -0.39 is 0 Å². The number of thiophene rings is 1. The highest BCUT2D eigenvalue weighted by Gasteiger charge is 2.04. The molecule has 0 unspecified atom stereocenters. The maximum Gasteiger partial charge on any atom is 0.191 e. The summed E-state index contributed by atoms with van der Waals surface area (Å²) >= 11 is 1.73. The van der Waals surface area contributed by atoms with Gasteiger partial charge in [0.1, 0.15) is 5.82 Å². The van der Waals surface area contributed by atoms with Gasteiger partial charge in [-0.05, 0) is 36.9 Å². The van der Waals surface area contributed by atoms with Gasteiger partial charge in [-0.2, -0.15) is 0 Å². The predicted molar refractivity (Wildman–Crippen MR) is 114 cm³/mol. The molecule has 3 aromatic heterocycles. The van der Waals surface area contributed by atoms with Crippen LogP contribution in [0.4, 0.5) is 0 Å². The zero-order valence-corrected chi connectivity index (χ0v) is 17.3. The molecule has 0 spiro atoms. The molecule has 0 aliphatic rings. The van der Waals surface area contributed by atoms with Crippen molar-refractivity contribution in [2.24, 2.45) is 4.99 Å². The average molecular weight is 470 g/mol. The first-order valence-electron chi connectivity index (χ1n) is 8.20. The molecule has 0 atom stereocenters. The number of halogens is 1. The highest BCUT2D eigenvalue weighted by atomic mass is 127. The van der Waals surface area contributed by atoms with Crippen LogP contribution in [0.15, 0.2) is 46.9 Å². The van der Waals surface area contributed by atoms with Crippen molar-refractivity contribution in [2.45, 2.75) is 26.3 Å². The highest BCUT2D eigenvalue weighted by molar-refractivity contribution is 14.0. The van der Waals surface area contributed by atoms with Gasteiger partial charge in [-0.1, -0.05) is 12.1 Å². The molecule has 0 fully saturated rings. The molecule has 25 heavy (non-hydrogen) atoms. The predicted octanol–water partition coefficient (Wildman–Crippen LogP) is 3.10. The Morgan fingerprint density at radius 2 is 2.12 bits per heavy atom. The number of aliphatic imine (C=N–C) groups is 1. The number of pyridine rings is 1. The molecular formula is C17H23IN6S. The van der Waals surface area contributed by atoms with Crippen LogP contribution >= 0.6 is 35.3 Å². The molecule has 3 rings (SSSR count). The second kappa shape index (κ2) is 10.3. The van der Waals surface area contributed by atoms with E-state index in [1.807, 2.05) is 28.8 Å². The van der Waals surface area contributed by atoms with E-state index in [0.29, 0.717) is 6.54 Å². The highest BCUT2D eigenvalue weighted by Crippen LogP contribution is 2.09. The summed E-state index contributed by atoms with van der Waals surface area (Å²) in [5, 5.41) is 17.2. The lowest BCUT2D eigenvalue weighted by atomic mass is 10.3. The van der Waals surface area contributed by atoms with Crippen LogP contribution < -0.4 is 10.6 Å². The van der Waals surface area contributed by atoms with E-state index in [2.05, 4.69) is 50.3 Å². The Balaban J connectivity index is 0.00000225. The van der Waals surface area contributed by atoms with Crippen molar-refractivity contribution >= 4 is 46.9 Å². The summed E-state index contributed by atoms with van der Waals surface area (Å²) < 4.78 is 2.04. The maximum absolute atomic E-state index is 4.61. The van der Waals surface area contributed by atoms with Crippen molar-refractivity contribution in [3.8, 4) is 0 Å². The molecule has 6 nitrogen and oxygen atoms in total. The number of rotatable bonds is 7. The van der Waals surface area contributed by atoms with Crippen LogP contribution in [0.2, 0.25) is 0 Å². The molecule has 3 heterocycles. The molecule has 0 saturated carbocycles. The fraction of sp³-hybridized carbons (Fsp3) is 0.353. The minimum absolute atomic E-state index is 0. The zero-order chi connectivity index (χ0) is 16.6. The summed E-state index contributed by atoms with van der Waals surface area (Å²) in [6, 6.07) is 10.1. The normalized spacial score (nSPS) is 11.3. The number of guanidine groups is 1. The third kappa shape index (κ3) is 5.67. The molecule has 3 aromatic rings. The summed E-state index contributed by atoms with van der Waals surface area (Å²) in [5.74, 6) is 1.85. The monoisotopic (exact) mass is 470 g/mol. The molecule has 0 radical (unpaired) electrons. The zero-order valence-electron chi connectivity index (χ0n) is 14.2. The summed E-state index contributed by atoms with van der Waals surface area (Å²) in [7, 11) is 0. The lowest BCUT2D eigenvalue weighted by molar-refractivity contribution is 0.715. The Bertz CT molecular complexity index is 783. The fourth-order valence-electron chi connectivity index (χ4n) is 2.42. The largest absolute Gasteiger partial charge is 0.357 e. The number of fused-ring (bicyclic) bond motifs is 1. The summed E-state index contributed by atoms with van der Waals surface area (Å²) in [5.41, 5.74) is 0.895. The molecule has 8 heteroatoms. The van der Waals surface area contributed by atoms with Crippen molar-refractivity contribution in [1.82, 2.24) is 25.2 Å². The van der Waals surface area contributed by atoms with Crippen LogP contribution in [-0.4, -0.2) is 33.6 Å². The van der Waals surface area contributed by atoms with E-state index >= 15 is 0 Å². The molecule has 0 amide bonds. The second-order valence-electron chi connectivity index (χ2n) is 5.35. The van der Waals surface area contributed by atoms with Gasteiger partial charge in [0.15, 0.2) is 11.6 Å². The van der Waals surface area contributed by atoms with Crippen molar-refractivity contribution < 1.29 is 0 Å². The van der Waals surface area contributed by atoms with Crippen LogP contribution in [0.5, 0.6) is 0 Å². The Labute approximate surface area is 168 Å². The number of nitrogens with one attached hydrogen (secondary N) is 2.